The average Bonchev–Trinajstić information content (AvgIpc) is 2.67. The van der Waals surface area contributed by atoms with Crippen LogP contribution in [0, 0.1) is 0 Å². The van der Waals surface area contributed by atoms with E-state index >= 15 is 0 Å². The molecule has 0 bridgehead atoms. The smallest absolute Gasteiger partial charge is 0.408 e. The van der Waals surface area contributed by atoms with E-state index in [9.17, 15) is 9.59 Å². The van der Waals surface area contributed by atoms with E-state index in [-0.39, 0.29) is 18.6 Å². The second kappa shape index (κ2) is 10.3. The van der Waals surface area contributed by atoms with Crippen molar-refractivity contribution < 1.29 is 14.3 Å². The van der Waals surface area contributed by atoms with Gasteiger partial charge >= 0.3 is 6.09 Å². The Morgan fingerprint density at radius 2 is 1.59 bits per heavy atom. The maximum Gasteiger partial charge on any atom is 0.408 e. The van der Waals surface area contributed by atoms with E-state index in [1.807, 2.05) is 79.7 Å². The van der Waals surface area contributed by atoms with Crippen molar-refractivity contribution in [3.63, 3.8) is 0 Å². The zero-order valence-corrected chi connectivity index (χ0v) is 16.0. The molecular formula is C21H27N3O3. The molecule has 0 aliphatic rings. The van der Waals surface area contributed by atoms with Gasteiger partial charge in [-0.1, -0.05) is 60.7 Å². The van der Waals surface area contributed by atoms with Gasteiger partial charge in [0.1, 0.15) is 12.6 Å². The lowest BCUT2D eigenvalue weighted by Crippen LogP contribution is -2.46. The minimum Gasteiger partial charge on any atom is -0.445 e. The van der Waals surface area contributed by atoms with Gasteiger partial charge in [0, 0.05) is 6.54 Å². The molecule has 0 aromatic heterocycles. The zero-order chi connectivity index (χ0) is 19.6. The third-order valence-corrected chi connectivity index (χ3v) is 4.22. The molecule has 0 unspecified atom stereocenters. The zero-order valence-electron chi connectivity index (χ0n) is 16.0. The van der Waals surface area contributed by atoms with E-state index in [1.54, 1.807) is 6.92 Å². The highest BCUT2D eigenvalue weighted by Gasteiger charge is 2.19. The molecule has 0 saturated carbocycles. The maximum absolute atomic E-state index is 12.3. The van der Waals surface area contributed by atoms with Crippen molar-refractivity contribution in [3.05, 3.63) is 71.8 Å². The molecule has 0 radical (unpaired) electrons. The number of carbonyl (C=O) groups excluding carboxylic acids is 2. The minimum absolute atomic E-state index is 0.0485. The Bertz CT molecular complexity index is 720. The molecule has 6 heteroatoms. The van der Waals surface area contributed by atoms with Gasteiger partial charge in [0.25, 0.3) is 0 Å². The number of nitrogens with zero attached hydrogens (tertiary/aromatic N) is 1. The van der Waals surface area contributed by atoms with Gasteiger partial charge in [-0.15, -0.1) is 0 Å². The van der Waals surface area contributed by atoms with E-state index in [0.29, 0.717) is 6.54 Å². The Balaban J connectivity index is 1.79. The van der Waals surface area contributed by atoms with E-state index in [1.165, 1.54) is 0 Å². The molecule has 2 amide bonds. The molecule has 0 fully saturated rings. The molecule has 2 aromatic rings. The maximum atomic E-state index is 12.3. The summed E-state index contributed by atoms with van der Waals surface area (Å²) in [6.07, 6.45) is -0.617. The first kappa shape index (κ1) is 20.5. The molecule has 2 rings (SSSR count). The van der Waals surface area contributed by atoms with Crippen molar-refractivity contribution in [2.75, 3.05) is 20.6 Å². The van der Waals surface area contributed by atoms with Gasteiger partial charge < -0.3 is 20.3 Å². The van der Waals surface area contributed by atoms with Crippen molar-refractivity contribution in [2.45, 2.75) is 25.6 Å². The van der Waals surface area contributed by atoms with Crippen LogP contribution < -0.4 is 10.6 Å². The second-order valence-corrected chi connectivity index (χ2v) is 6.56. The predicted octanol–water partition coefficient (Wildman–Crippen LogP) is 2.72. The molecular weight excluding hydrogens is 342 g/mol. The normalized spacial score (nSPS) is 12.9. The molecule has 0 aliphatic carbocycles. The average molecular weight is 369 g/mol. The molecule has 2 atom stereocenters. The molecule has 27 heavy (non-hydrogen) atoms. The lowest BCUT2D eigenvalue weighted by molar-refractivity contribution is -0.122. The molecule has 0 saturated heterocycles. The molecule has 0 aliphatic heterocycles. The van der Waals surface area contributed by atoms with E-state index in [2.05, 4.69) is 10.6 Å². The standard InChI is InChI=1S/C21H27N3O3/c1-16(23-21(26)27-15-17-10-6-4-7-11-17)20(25)22-14-19(24(2)3)18-12-8-5-9-13-18/h4-13,16,19H,14-15H2,1-3H3,(H,22,25)(H,23,26)/t16-,19+/m0/s1. The number of carbonyl (C=O) groups is 2. The number of ether oxygens (including phenoxy) is 1. The first-order chi connectivity index (χ1) is 13.0. The summed E-state index contributed by atoms with van der Waals surface area (Å²) in [5.74, 6) is -0.255. The fraction of sp³-hybridized carbons (Fsp3) is 0.333. The Hall–Kier alpha value is -2.86. The molecule has 6 nitrogen and oxygen atoms in total. The first-order valence-electron chi connectivity index (χ1n) is 8.93. The molecule has 2 aromatic carbocycles. The van der Waals surface area contributed by atoms with Crippen molar-refractivity contribution in [1.82, 2.24) is 15.5 Å². The third-order valence-electron chi connectivity index (χ3n) is 4.22. The highest BCUT2D eigenvalue weighted by molar-refractivity contribution is 5.85. The second-order valence-electron chi connectivity index (χ2n) is 6.56. The van der Waals surface area contributed by atoms with Crippen LogP contribution in [-0.4, -0.2) is 43.6 Å². The Kier molecular flexibility index (Phi) is 7.82. The molecule has 2 N–H and O–H groups in total. The van der Waals surface area contributed by atoms with Crippen LogP contribution in [0.1, 0.15) is 24.1 Å². The Labute approximate surface area is 160 Å². The topological polar surface area (TPSA) is 70.7 Å². The van der Waals surface area contributed by atoms with E-state index in [4.69, 9.17) is 4.74 Å². The lowest BCUT2D eigenvalue weighted by Gasteiger charge is -2.26. The van der Waals surface area contributed by atoms with E-state index in [0.717, 1.165) is 11.1 Å². The quantitative estimate of drug-likeness (QED) is 0.751. The summed E-state index contributed by atoms with van der Waals surface area (Å²) in [7, 11) is 3.93. The summed E-state index contributed by atoms with van der Waals surface area (Å²) < 4.78 is 5.14. The summed E-state index contributed by atoms with van der Waals surface area (Å²) in [5, 5.41) is 5.45. The highest BCUT2D eigenvalue weighted by Crippen LogP contribution is 2.16. The van der Waals surface area contributed by atoms with Gasteiger partial charge in [0.05, 0.1) is 6.04 Å². The number of likely N-dealkylation sites (N-methyl/N-ethyl adjacent to an activating group) is 1. The SMILES string of the molecule is C[C@H](NC(=O)OCc1ccccc1)C(=O)NC[C@H](c1ccccc1)N(C)C. The van der Waals surface area contributed by atoms with Crippen LogP contribution in [0.15, 0.2) is 60.7 Å². The van der Waals surface area contributed by atoms with E-state index < -0.39 is 12.1 Å². The number of amides is 2. The fourth-order valence-electron chi connectivity index (χ4n) is 2.63. The summed E-state index contributed by atoms with van der Waals surface area (Å²) in [6, 6.07) is 18.7. The van der Waals surface area contributed by atoms with Gasteiger partial charge in [0.15, 0.2) is 0 Å². The van der Waals surface area contributed by atoms with Gasteiger partial charge in [-0.2, -0.15) is 0 Å². The Morgan fingerprint density at radius 3 is 2.19 bits per heavy atom. The summed E-state index contributed by atoms with van der Waals surface area (Å²) in [6.45, 7) is 2.24. The van der Waals surface area contributed by atoms with Crippen LogP contribution in [0.25, 0.3) is 0 Å². The minimum atomic E-state index is -0.688. The van der Waals surface area contributed by atoms with Crippen LogP contribution in [0.5, 0.6) is 0 Å². The monoisotopic (exact) mass is 369 g/mol. The summed E-state index contributed by atoms with van der Waals surface area (Å²) in [5.41, 5.74) is 2.01. The van der Waals surface area contributed by atoms with Crippen molar-refractivity contribution in [2.24, 2.45) is 0 Å². The number of nitrogens with one attached hydrogen (secondary N) is 2. The Morgan fingerprint density at radius 1 is 1.00 bits per heavy atom. The van der Waals surface area contributed by atoms with Gasteiger partial charge in [-0.3, -0.25) is 4.79 Å². The first-order valence-corrected chi connectivity index (χ1v) is 8.93. The lowest BCUT2D eigenvalue weighted by atomic mass is 10.1. The number of benzene rings is 2. The largest absolute Gasteiger partial charge is 0.445 e. The fourth-order valence-corrected chi connectivity index (χ4v) is 2.63. The molecule has 144 valence electrons. The van der Waals surface area contributed by atoms with Crippen molar-refractivity contribution >= 4 is 12.0 Å². The number of hydrogen-bond acceptors (Lipinski definition) is 4. The van der Waals surface area contributed by atoms with Crippen molar-refractivity contribution in [1.29, 1.82) is 0 Å². The van der Waals surface area contributed by atoms with Crippen LogP contribution in [-0.2, 0) is 16.1 Å². The van der Waals surface area contributed by atoms with Gasteiger partial charge in [-0.25, -0.2) is 4.79 Å². The highest BCUT2D eigenvalue weighted by atomic mass is 16.5. The van der Waals surface area contributed by atoms with Gasteiger partial charge in [-0.05, 0) is 32.1 Å². The number of alkyl carbamates (subject to hydrolysis) is 1. The van der Waals surface area contributed by atoms with Crippen LogP contribution in [0.3, 0.4) is 0 Å². The predicted molar refractivity (Wildman–Crippen MR) is 105 cm³/mol. The molecule has 0 heterocycles. The van der Waals surface area contributed by atoms with Crippen LogP contribution >= 0.6 is 0 Å². The van der Waals surface area contributed by atoms with Crippen LogP contribution in [0.2, 0.25) is 0 Å². The van der Waals surface area contributed by atoms with Gasteiger partial charge in [0.2, 0.25) is 5.91 Å². The summed E-state index contributed by atoms with van der Waals surface area (Å²) >= 11 is 0. The number of hydrogen-bond donors (Lipinski definition) is 2. The van der Waals surface area contributed by atoms with Crippen molar-refractivity contribution in [3.8, 4) is 0 Å². The third kappa shape index (κ3) is 6.75. The van der Waals surface area contributed by atoms with Crippen LogP contribution in [0.4, 0.5) is 4.79 Å². The molecule has 0 spiro atoms. The number of rotatable bonds is 8. The summed E-state index contributed by atoms with van der Waals surface area (Å²) in [4.78, 5) is 26.2.